The number of halogens is 1. The van der Waals surface area contributed by atoms with Crippen LogP contribution in [0.25, 0.3) is 0 Å². The van der Waals surface area contributed by atoms with Gasteiger partial charge >= 0.3 is 0 Å². The second kappa shape index (κ2) is 11.9. The van der Waals surface area contributed by atoms with Gasteiger partial charge in [0.1, 0.15) is 5.75 Å². The molecule has 1 heterocycles. The van der Waals surface area contributed by atoms with Crippen molar-refractivity contribution >= 4 is 23.5 Å². The third-order valence-corrected chi connectivity index (χ3v) is 5.72. The third-order valence-electron chi connectivity index (χ3n) is 5.48. The van der Waals surface area contributed by atoms with Crippen molar-refractivity contribution in [3.05, 3.63) is 28.8 Å². The fourth-order valence-electron chi connectivity index (χ4n) is 3.67. The summed E-state index contributed by atoms with van der Waals surface area (Å²) in [6.07, 6.45) is 3.69. The standard InChI is InChI=1S/C22H35ClN4O2/c1-5-16(6-2)21(28)27-12-10-19(11-13-27)26-22(24-7-3)25-15-17-8-9-18(23)14-20(17)29-4/h8-9,14,16,19H,5-7,10-13,15H2,1-4H3,(H2,24,25,26). The van der Waals surface area contributed by atoms with Crippen molar-refractivity contribution in [2.24, 2.45) is 10.9 Å². The van der Waals surface area contributed by atoms with Crippen LogP contribution >= 0.6 is 11.6 Å². The molecule has 162 valence electrons. The Kier molecular flexibility index (Phi) is 9.58. The number of hydrogen-bond acceptors (Lipinski definition) is 3. The average molecular weight is 423 g/mol. The Hall–Kier alpha value is -1.95. The minimum absolute atomic E-state index is 0.160. The lowest BCUT2D eigenvalue weighted by Crippen LogP contribution is -2.50. The average Bonchev–Trinajstić information content (AvgIpc) is 2.74. The Morgan fingerprint density at radius 2 is 1.97 bits per heavy atom. The number of hydrogen-bond donors (Lipinski definition) is 2. The van der Waals surface area contributed by atoms with E-state index in [0.29, 0.717) is 23.5 Å². The Morgan fingerprint density at radius 3 is 2.55 bits per heavy atom. The first kappa shape index (κ1) is 23.3. The summed E-state index contributed by atoms with van der Waals surface area (Å²) in [5, 5.41) is 7.49. The Labute approximate surface area is 180 Å². The first-order valence-corrected chi connectivity index (χ1v) is 11.1. The number of carbonyl (C=O) groups excluding carboxylic acids is 1. The molecule has 0 unspecified atom stereocenters. The maximum Gasteiger partial charge on any atom is 0.225 e. The van der Waals surface area contributed by atoms with E-state index in [0.717, 1.165) is 62.6 Å². The fraction of sp³-hybridized carbons (Fsp3) is 0.636. The van der Waals surface area contributed by atoms with Crippen molar-refractivity contribution in [3.8, 4) is 5.75 Å². The lowest BCUT2D eigenvalue weighted by molar-refractivity contribution is -0.136. The molecule has 7 heteroatoms. The maximum absolute atomic E-state index is 12.6. The fourth-order valence-corrected chi connectivity index (χ4v) is 3.83. The molecule has 0 atom stereocenters. The number of carbonyl (C=O) groups is 1. The van der Waals surface area contributed by atoms with Crippen molar-refractivity contribution in [2.45, 2.75) is 59.0 Å². The van der Waals surface area contributed by atoms with Crippen molar-refractivity contribution in [1.82, 2.24) is 15.5 Å². The Bertz CT molecular complexity index is 683. The molecule has 1 saturated heterocycles. The van der Waals surface area contributed by atoms with Crippen LogP contribution in [0.2, 0.25) is 5.02 Å². The molecule has 0 spiro atoms. The van der Waals surface area contributed by atoms with Crippen LogP contribution in [0.15, 0.2) is 23.2 Å². The molecule has 6 nitrogen and oxygen atoms in total. The van der Waals surface area contributed by atoms with E-state index in [4.69, 9.17) is 21.3 Å². The molecule has 1 aromatic rings. The molecule has 2 rings (SSSR count). The minimum atomic E-state index is 0.160. The number of likely N-dealkylation sites (tertiary alicyclic amines) is 1. The van der Waals surface area contributed by atoms with Crippen LogP contribution in [0.5, 0.6) is 5.75 Å². The Balaban J connectivity index is 1.94. The predicted octanol–water partition coefficient (Wildman–Crippen LogP) is 3.83. The second-order valence-electron chi connectivity index (χ2n) is 7.41. The van der Waals surface area contributed by atoms with Gasteiger partial charge in [0.2, 0.25) is 5.91 Å². The van der Waals surface area contributed by atoms with E-state index < -0.39 is 0 Å². The molecular formula is C22H35ClN4O2. The van der Waals surface area contributed by atoms with Crippen molar-refractivity contribution in [3.63, 3.8) is 0 Å². The first-order chi connectivity index (χ1) is 14.0. The molecular weight excluding hydrogens is 388 g/mol. The summed E-state index contributed by atoms with van der Waals surface area (Å²) in [5.74, 6) is 2.00. The van der Waals surface area contributed by atoms with Crippen molar-refractivity contribution in [2.75, 3.05) is 26.7 Å². The molecule has 1 fully saturated rings. The number of piperidine rings is 1. The van der Waals surface area contributed by atoms with Gasteiger partial charge in [0.25, 0.3) is 0 Å². The molecule has 0 aromatic heterocycles. The van der Waals surface area contributed by atoms with Gasteiger partial charge in [-0.25, -0.2) is 4.99 Å². The monoisotopic (exact) mass is 422 g/mol. The van der Waals surface area contributed by atoms with Gasteiger partial charge in [0, 0.05) is 42.2 Å². The van der Waals surface area contributed by atoms with Crippen LogP contribution in [0.1, 0.15) is 52.0 Å². The molecule has 29 heavy (non-hydrogen) atoms. The summed E-state index contributed by atoms with van der Waals surface area (Å²) < 4.78 is 5.41. The maximum atomic E-state index is 12.6. The van der Waals surface area contributed by atoms with Crippen molar-refractivity contribution < 1.29 is 9.53 Å². The molecule has 0 saturated carbocycles. The van der Waals surface area contributed by atoms with Gasteiger partial charge in [0.05, 0.1) is 13.7 Å². The van der Waals surface area contributed by atoms with Gasteiger partial charge in [0.15, 0.2) is 5.96 Å². The Morgan fingerprint density at radius 1 is 1.28 bits per heavy atom. The zero-order chi connectivity index (χ0) is 21.2. The summed E-state index contributed by atoms with van der Waals surface area (Å²) in [6, 6.07) is 5.91. The number of rotatable bonds is 8. The first-order valence-electron chi connectivity index (χ1n) is 10.7. The van der Waals surface area contributed by atoms with E-state index in [1.165, 1.54) is 0 Å². The molecule has 0 bridgehead atoms. The molecule has 1 aromatic carbocycles. The molecule has 1 aliphatic rings. The van der Waals surface area contributed by atoms with Gasteiger partial charge < -0.3 is 20.3 Å². The highest BCUT2D eigenvalue weighted by Crippen LogP contribution is 2.24. The molecule has 1 aliphatic heterocycles. The number of methoxy groups -OCH3 is 1. The summed E-state index contributed by atoms with van der Waals surface area (Å²) in [4.78, 5) is 19.3. The zero-order valence-electron chi connectivity index (χ0n) is 18.1. The van der Waals surface area contributed by atoms with E-state index in [1.54, 1.807) is 13.2 Å². The molecule has 1 amide bonds. The number of ether oxygens (including phenoxy) is 1. The smallest absolute Gasteiger partial charge is 0.225 e. The summed E-state index contributed by atoms with van der Waals surface area (Å²) in [5.41, 5.74) is 0.986. The van der Waals surface area contributed by atoms with Crippen molar-refractivity contribution in [1.29, 1.82) is 0 Å². The van der Waals surface area contributed by atoms with Gasteiger partial charge in [-0.2, -0.15) is 0 Å². The molecule has 0 aliphatic carbocycles. The van der Waals surface area contributed by atoms with Crippen LogP contribution in [0.3, 0.4) is 0 Å². The molecule has 2 N–H and O–H groups in total. The number of nitrogens with zero attached hydrogens (tertiary/aromatic N) is 2. The third kappa shape index (κ3) is 6.81. The van der Waals surface area contributed by atoms with Gasteiger partial charge in [-0.05, 0) is 44.7 Å². The van der Waals surface area contributed by atoms with Crippen LogP contribution in [0.4, 0.5) is 0 Å². The van der Waals surface area contributed by atoms with E-state index in [2.05, 4.69) is 31.4 Å². The topological polar surface area (TPSA) is 66.0 Å². The SMILES string of the molecule is CCNC(=NCc1ccc(Cl)cc1OC)NC1CCN(C(=O)C(CC)CC)CC1. The van der Waals surface area contributed by atoms with E-state index >= 15 is 0 Å². The van der Waals surface area contributed by atoms with Gasteiger partial charge in [-0.1, -0.05) is 31.5 Å². The number of benzene rings is 1. The van der Waals surface area contributed by atoms with Crippen LogP contribution in [0, 0.1) is 5.92 Å². The number of nitrogens with one attached hydrogen (secondary N) is 2. The molecule has 0 radical (unpaired) electrons. The summed E-state index contributed by atoms with van der Waals surface area (Å²) >= 11 is 6.04. The van der Waals surface area contributed by atoms with Crippen LogP contribution < -0.4 is 15.4 Å². The lowest BCUT2D eigenvalue weighted by Gasteiger charge is -2.34. The highest BCUT2D eigenvalue weighted by Gasteiger charge is 2.26. The quantitative estimate of drug-likeness (QED) is 0.493. The second-order valence-corrected chi connectivity index (χ2v) is 7.85. The van der Waals surface area contributed by atoms with E-state index in [9.17, 15) is 4.79 Å². The van der Waals surface area contributed by atoms with Crippen LogP contribution in [-0.4, -0.2) is 49.6 Å². The minimum Gasteiger partial charge on any atom is -0.496 e. The van der Waals surface area contributed by atoms with Gasteiger partial charge in [-0.15, -0.1) is 0 Å². The zero-order valence-corrected chi connectivity index (χ0v) is 18.9. The van der Waals surface area contributed by atoms with E-state index in [-0.39, 0.29) is 5.92 Å². The number of amides is 1. The van der Waals surface area contributed by atoms with Gasteiger partial charge in [-0.3, -0.25) is 4.79 Å². The normalized spacial score (nSPS) is 15.5. The summed E-state index contributed by atoms with van der Waals surface area (Å²) in [6.45, 7) is 9.13. The highest BCUT2D eigenvalue weighted by atomic mass is 35.5. The van der Waals surface area contributed by atoms with Crippen LogP contribution in [-0.2, 0) is 11.3 Å². The lowest BCUT2D eigenvalue weighted by atomic mass is 9.98. The number of guanidine groups is 1. The highest BCUT2D eigenvalue weighted by molar-refractivity contribution is 6.30. The van der Waals surface area contributed by atoms with E-state index in [1.807, 2.05) is 17.0 Å². The largest absolute Gasteiger partial charge is 0.496 e. The predicted molar refractivity (Wildman–Crippen MR) is 120 cm³/mol. The summed E-state index contributed by atoms with van der Waals surface area (Å²) in [7, 11) is 1.64. The number of aliphatic imine (C=N–C) groups is 1.